The molecule has 8 nitrogen and oxygen atoms in total. The predicted octanol–water partition coefficient (Wildman–Crippen LogP) is 2.24. The summed E-state index contributed by atoms with van der Waals surface area (Å²) in [4.78, 5) is 22.9. The zero-order valence-corrected chi connectivity index (χ0v) is 21.6. The monoisotopic (exact) mass is 482 g/mol. The lowest BCUT2D eigenvalue weighted by molar-refractivity contribution is -0.140. The fourth-order valence-corrected chi connectivity index (χ4v) is 4.42. The van der Waals surface area contributed by atoms with Crippen LogP contribution in [0.5, 0.6) is 0 Å². The molecule has 34 heavy (non-hydrogen) atoms. The van der Waals surface area contributed by atoms with E-state index >= 15 is 0 Å². The highest BCUT2D eigenvalue weighted by Gasteiger charge is 2.36. The summed E-state index contributed by atoms with van der Waals surface area (Å²) < 4.78 is 0. The second kappa shape index (κ2) is 14.1. The van der Waals surface area contributed by atoms with Gasteiger partial charge in [-0.05, 0) is 42.1 Å². The van der Waals surface area contributed by atoms with E-state index in [1.807, 2.05) is 20.8 Å². The minimum atomic E-state index is -1.13. The number of carbonyl (C=O) groups excluding carboxylic acids is 1. The second-order valence-electron chi connectivity index (χ2n) is 11.0. The van der Waals surface area contributed by atoms with Crippen molar-refractivity contribution in [3.8, 4) is 0 Å². The van der Waals surface area contributed by atoms with E-state index < -0.39 is 48.2 Å². The molecule has 8 heteroatoms. The lowest BCUT2D eigenvalue weighted by Gasteiger charge is -2.40. The molecule has 1 aliphatic rings. The maximum atomic E-state index is 11.6. The standard InChI is InChI=1S/C26H46N2O6/c1-16(2)22(18-9-7-8-17(3)10-11-18)24(32)28-23(26(4,5)6)21(31)14-27-20(25(33)34)13-12-19(30)15-29/h7,9,11,16-17,20-24,27-29,31-32H,8,10,12-15H2,1-6H3,(H,33,34)/t17?,20-,21?,22?,23-,24?/m1/s1. The molecule has 0 aliphatic heterocycles. The van der Waals surface area contributed by atoms with Crippen molar-refractivity contribution in [2.24, 2.45) is 23.2 Å². The number of hydrogen-bond acceptors (Lipinski definition) is 7. The van der Waals surface area contributed by atoms with Gasteiger partial charge in [0.15, 0.2) is 5.78 Å². The van der Waals surface area contributed by atoms with Crippen molar-refractivity contribution in [1.29, 1.82) is 0 Å². The molecular weight excluding hydrogens is 436 g/mol. The van der Waals surface area contributed by atoms with Gasteiger partial charge in [0.1, 0.15) is 18.9 Å². The first kappa shape index (κ1) is 30.5. The fourth-order valence-electron chi connectivity index (χ4n) is 4.42. The zero-order valence-electron chi connectivity index (χ0n) is 21.6. The smallest absolute Gasteiger partial charge is 0.320 e. The van der Waals surface area contributed by atoms with Crippen LogP contribution >= 0.6 is 0 Å². The summed E-state index contributed by atoms with van der Waals surface area (Å²) in [5.74, 6) is -1.01. The summed E-state index contributed by atoms with van der Waals surface area (Å²) in [6, 6.07) is -1.55. The Morgan fingerprint density at radius 3 is 2.35 bits per heavy atom. The van der Waals surface area contributed by atoms with Gasteiger partial charge >= 0.3 is 5.97 Å². The summed E-state index contributed by atoms with van der Waals surface area (Å²) in [5, 5.41) is 46.6. The molecule has 0 bridgehead atoms. The van der Waals surface area contributed by atoms with Gasteiger partial charge in [-0.2, -0.15) is 0 Å². The fraction of sp³-hybridized carbons (Fsp3) is 0.769. The number of aliphatic hydroxyl groups is 3. The molecule has 0 radical (unpaired) electrons. The Balaban J connectivity index is 2.94. The van der Waals surface area contributed by atoms with Crippen LogP contribution < -0.4 is 10.6 Å². The van der Waals surface area contributed by atoms with Crippen LogP contribution in [0.4, 0.5) is 0 Å². The largest absolute Gasteiger partial charge is 0.480 e. The van der Waals surface area contributed by atoms with Gasteiger partial charge in [-0.15, -0.1) is 0 Å². The third-order valence-corrected chi connectivity index (χ3v) is 6.48. The van der Waals surface area contributed by atoms with Gasteiger partial charge in [0.25, 0.3) is 0 Å². The minimum absolute atomic E-state index is 0.0199. The van der Waals surface area contributed by atoms with Crippen LogP contribution in [0.1, 0.15) is 67.2 Å². The number of aliphatic carboxylic acids is 1. The normalized spacial score (nSPS) is 21.4. The van der Waals surface area contributed by atoms with E-state index in [4.69, 9.17) is 5.11 Å². The Hall–Kier alpha value is -1.58. The molecule has 0 amide bonds. The molecule has 1 rings (SSSR count). The molecule has 0 saturated heterocycles. The quantitative estimate of drug-likeness (QED) is 0.207. The van der Waals surface area contributed by atoms with Crippen LogP contribution in [0.3, 0.4) is 0 Å². The van der Waals surface area contributed by atoms with E-state index in [1.54, 1.807) is 0 Å². The molecule has 4 unspecified atom stereocenters. The number of Topliss-reactive ketones (excluding diaryl/α,β-unsaturated/α-hetero) is 1. The molecule has 6 N–H and O–H groups in total. The number of carboxylic acids is 1. The van der Waals surface area contributed by atoms with E-state index in [9.17, 15) is 24.9 Å². The highest BCUT2D eigenvalue weighted by Crippen LogP contribution is 2.30. The number of nitrogens with one attached hydrogen (secondary N) is 2. The summed E-state index contributed by atoms with van der Waals surface area (Å²) in [7, 11) is 0. The van der Waals surface area contributed by atoms with Crippen LogP contribution in [0.25, 0.3) is 0 Å². The van der Waals surface area contributed by atoms with Gasteiger partial charge in [0.05, 0.1) is 6.10 Å². The van der Waals surface area contributed by atoms with E-state index in [-0.39, 0.29) is 31.2 Å². The van der Waals surface area contributed by atoms with Crippen molar-refractivity contribution < 1.29 is 30.0 Å². The molecular formula is C26H46N2O6. The van der Waals surface area contributed by atoms with Gasteiger partial charge in [-0.1, -0.05) is 59.8 Å². The summed E-state index contributed by atoms with van der Waals surface area (Å²) >= 11 is 0. The van der Waals surface area contributed by atoms with Crippen molar-refractivity contribution in [3.63, 3.8) is 0 Å². The maximum Gasteiger partial charge on any atom is 0.320 e. The molecule has 0 heterocycles. The number of hydrogen-bond donors (Lipinski definition) is 6. The number of carbonyl (C=O) groups is 2. The van der Waals surface area contributed by atoms with Crippen LogP contribution in [0.2, 0.25) is 0 Å². The van der Waals surface area contributed by atoms with Crippen molar-refractivity contribution >= 4 is 11.8 Å². The molecule has 0 aromatic rings. The van der Waals surface area contributed by atoms with E-state index in [1.165, 1.54) is 0 Å². The van der Waals surface area contributed by atoms with Gasteiger partial charge in [0.2, 0.25) is 0 Å². The minimum Gasteiger partial charge on any atom is -0.480 e. The second-order valence-corrected chi connectivity index (χ2v) is 11.0. The molecule has 196 valence electrons. The van der Waals surface area contributed by atoms with Crippen molar-refractivity contribution in [1.82, 2.24) is 10.6 Å². The first-order chi connectivity index (χ1) is 15.8. The number of allylic oxidation sites excluding steroid dienone is 3. The SMILES string of the molecule is CC1CC=CC(C(C(C)C)C(O)N[C@H](C(O)CN[C@H](CCC(=O)CO)C(=O)O)C(C)(C)C)=CC1. The molecule has 6 atom stereocenters. The molecule has 0 aromatic carbocycles. The van der Waals surface area contributed by atoms with Crippen molar-refractivity contribution in [2.75, 3.05) is 13.2 Å². The van der Waals surface area contributed by atoms with Gasteiger partial charge in [0, 0.05) is 24.9 Å². The van der Waals surface area contributed by atoms with Crippen LogP contribution in [0, 0.1) is 23.2 Å². The average molecular weight is 483 g/mol. The number of rotatable bonds is 14. The molecule has 0 saturated carbocycles. The topological polar surface area (TPSA) is 139 Å². The first-order valence-electron chi connectivity index (χ1n) is 12.3. The Kier molecular flexibility index (Phi) is 12.6. The number of ketones is 1. The maximum absolute atomic E-state index is 11.6. The van der Waals surface area contributed by atoms with Crippen LogP contribution in [0.15, 0.2) is 23.8 Å². The highest BCUT2D eigenvalue weighted by atomic mass is 16.4. The van der Waals surface area contributed by atoms with Crippen molar-refractivity contribution in [3.05, 3.63) is 23.8 Å². The van der Waals surface area contributed by atoms with Crippen LogP contribution in [-0.4, -0.2) is 69.7 Å². The zero-order chi connectivity index (χ0) is 26.1. The van der Waals surface area contributed by atoms with Gasteiger partial charge < -0.3 is 25.7 Å². The Morgan fingerprint density at radius 1 is 1.18 bits per heavy atom. The third-order valence-electron chi connectivity index (χ3n) is 6.48. The van der Waals surface area contributed by atoms with E-state index in [0.29, 0.717) is 5.92 Å². The molecule has 0 spiro atoms. The highest BCUT2D eigenvalue weighted by molar-refractivity contribution is 5.80. The Morgan fingerprint density at radius 2 is 1.82 bits per heavy atom. The summed E-state index contributed by atoms with van der Waals surface area (Å²) in [6.45, 7) is 11.5. The van der Waals surface area contributed by atoms with Crippen molar-refractivity contribution in [2.45, 2.75) is 91.6 Å². The Labute approximate surface area is 204 Å². The Bertz CT molecular complexity index is 713. The van der Waals surface area contributed by atoms with E-state index in [0.717, 1.165) is 18.4 Å². The van der Waals surface area contributed by atoms with E-state index in [2.05, 4.69) is 49.6 Å². The lowest BCUT2D eigenvalue weighted by atomic mass is 9.80. The first-order valence-corrected chi connectivity index (χ1v) is 12.3. The number of aliphatic hydroxyl groups excluding tert-OH is 3. The molecule has 0 fully saturated rings. The molecule has 0 aromatic heterocycles. The summed E-state index contributed by atoms with van der Waals surface area (Å²) in [5.41, 5.74) is 0.649. The summed E-state index contributed by atoms with van der Waals surface area (Å²) in [6.07, 6.45) is 6.45. The third kappa shape index (κ3) is 9.96. The van der Waals surface area contributed by atoms with Gasteiger partial charge in [-0.3, -0.25) is 14.9 Å². The molecule has 1 aliphatic carbocycles. The van der Waals surface area contributed by atoms with Gasteiger partial charge in [-0.25, -0.2) is 0 Å². The lowest BCUT2D eigenvalue weighted by Crippen LogP contribution is -2.58. The van der Waals surface area contributed by atoms with Crippen LogP contribution in [-0.2, 0) is 9.59 Å². The average Bonchev–Trinajstić information content (AvgIpc) is 2.94. The number of carboxylic acid groups (broad SMARTS) is 1. The predicted molar refractivity (Wildman–Crippen MR) is 133 cm³/mol.